The molecule has 0 aliphatic carbocycles. The Bertz CT molecular complexity index is 2200. The number of carbonyl (C=O) groups is 2. The first kappa shape index (κ1) is 43.3. The third-order valence-electron chi connectivity index (χ3n) is 9.88. The van der Waals surface area contributed by atoms with Gasteiger partial charge in [0.1, 0.15) is 13.6 Å². The predicted molar refractivity (Wildman–Crippen MR) is 197 cm³/mol. The molecule has 2 amide bonds. The van der Waals surface area contributed by atoms with E-state index in [-0.39, 0.29) is 76.8 Å². The number of pyridine rings is 1. The Morgan fingerprint density at radius 1 is 0.927 bits per heavy atom. The second-order valence-electron chi connectivity index (χ2n) is 13.1. The third kappa shape index (κ3) is 9.84. The molecular weight excluding hydrogens is 763 g/mol. The Labute approximate surface area is 369 Å². The molecule has 0 bridgehead atoms. The smallest absolute Gasteiger partial charge is 0.780 e. The Balaban J connectivity index is 0.00000290. The molecule has 0 saturated carbocycles. The average molecular weight is 800 g/mol. The standard InChI is InChI=1S/C39H39ClN5O7P.2Na/c1-26-35(39(47)45(31-13-15-41-16-14-31)30-8-10-33(11-9-30)52-53(48,49)50)23-37(42(26)2)36-22-29(40)7-12-34(36)38(46)44-24-28-6-4-3-5-27(28)21-32(44)25-43-17-19-51-20-18-43;;/h3-16,22-23,32H,17-21,24-25H2,1-2H3,(H2,48,49,50);;/q;2*+1/p-2/t32-;;/m0../s1. The number of aromatic nitrogens is 2. The number of morpholine rings is 1. The van der Waals surface area contributed by atoms with E-state index in [1.165, 1.54) is 34.7 Å². The van der Waals surface area contributed by atoms with E-state index in [0.29, 0.717) is 64.2 Å². The van der Waals surface area contributed by atoms with Gasteiger partial charge in [-0.1, -0.05) is 35.9 Å². The minimum atomic E-state index is -5.28. The zero-order valence-electron chi connectivity index (χ0n) is 31.2. The maximum absolute atomic E-state index is 14.8. The molecule has 0 unspecified atom stereocenters. The fraction of sp³-hybridized carbons (Fsp3) is 0.256. The van der Waals surface area contributed by atoms with E-state index in [1.54, 1.807) is 48.8 Å². The van der Waals surface area contributed by atoms with Crippen molar-refractivity contribution < 1.29 is 92.3 Å². The first-order valence-electron chi connectivity index (χ1n) is 17.2. The summed E-state index contributed by atoms with van der Waals surface area (Å²) < 4.78 is 23.1. The molecule has 3 aromatic carbocycles. The minimum absolute atomic E-state index is 0. The molecule has 4 heterocycles. The normalized spacial score (nSPS) is 15.7. The maximum atomic E-state index is 14.8. The van der Waals surface area contributed by atoms with E-state index < -0.39 is 13.7 Å². The predicted octanol–water partition coefficient (Wildman–Crippen LogP) is -0.858. The fourth-order valence-electron chi connectivity index (χ4n) is 7.10. The number of rotatable bonds is 9. The first-order chi connectivity index (χ1) is 25.5. The number of fused-ring (bicyclic) bond motifs is 1. The molecule has 0 N–H and O–H groups in total. The number of benzene rings is 3. The summed E-state index contributed by atoms with van der Waals surface area (Å²) >= 11 is 6.61. The second kappa shape index (κ2) is 18.6. The van der Waals surface area contributed by atoms with Crippen molar-refractivity contribution in [2.75, 3.05) is 37.7 Å². The van der Waals surface area contributed by atoms with Gasteiger partial charge in [-0.15, -0.1) is 0 Å². The topological polar surface area (TPSA) is 143 Å². The van der Waals surface area contributed by atoms with Crippen LogP contribution in [0.15, 0.2) is 97.3 Å². The van der Waals surface area contributed by atoms with Crippen LogP contribution in [-0.2, 0) is 29.3 Å². The van der Waals surface area contributed by atoms with Gasteiger partial charge in [0.25, 0.3) is 11.8 Å². The minimum Gasteiger partial charge on any atom is -0.780 e. The molecule has 55 heavy (non-hydrogen) atoms. The molecule has 0 radical (unpaired) electrons. The summed E-state index contributed by atoms with van der Waals surface area (Å²) in [5.41, 5.74) is 5.92. The summed E-state index contributed by atoms with van der Waals surface area (Å²) in [6, 6.07) is 24.1. The van der Waals surface area contributed by atoms with Crippen molar-refractivity contribution in [3.63, 3.8) is 0 Å². The van der Waals surface area contributed by atoms with Gasteiger partial charge in [-0.3, -0.25) is 24.4 Å². The number of carbonyl (C=O) groups excluding carboxylic acids is 2. The first-order valence-corrected chi connectivity index (χ1v) is 19.0. The van der Waals surface area contributed by atoms with Gasteiger partial charge in [0.2, 0.25) is 0 Å². The molecule has 0 spiro atoms. The number of phosphoric acid groups is 1. The molecule has 274 valence electrons. The molecule has 1 atom stereocenters. The third-order valence-corrected chi connectivity index (χ3v) is 10.5. The van der Waals surface area contributed by atoms with Gasteiger partial charge in [-0.05, 0) is 85.1 Å². The Hall–Kier alpha value is -2.81. The van der Waals surface area contributed by atoms with Gasteiger partial charge in [0.15, 0.2) is 0 Å². The van der Waals surface area contributed by atoms with Crippen LogP contribution >= 0.6 is 19.4 Å². The molecule has 1 fully saturated rings. The summed E-state index contributed by atoms with van der Waals surface area (Å²) in [5.74, 6) is -0.696. The molecule has 2 aliphatic heterocycles. The van der Waals surface area contributed by atoms with E-state index in [9.17, 15) is 23.9 Å². The number of hydrogen-bond donors (Lipinski definition) is 0. The monoisotopic (exact) mass is 799 g/mol. The summed E-state index contributed by atoms with van der Waals surface area (Å²) in [4.78, 5) is 61.6. The van der Waals surface area contributed by atoms with E-state index in [4.69, 9.17) is 16.3 Å². The molecule has 12 nitrogen and oxygen atoms in total. The van der Waals surface area contributed by atoms with Crippen molar-refractivity contribution in [3.05, 3.63) is 130 Å². The number of nitrogens with zero attached hydrogens (tertiary/aromatic N) is 5. The van der Waals surface area contributed by atoms with Crippen molar-refractivity contribution in [1.29, 1.82) is 0 Å². The Morgan fingerprint density at radius 2 is 1.58 bits per heavy atom. The number of hydrogen-bond acceptors (Lipinski definition) is 9. The van der Waals surface area contributed by atoms with Gasteiger partial charge in [0.05, 0.1) is 24.5 Å². The van der Waals surface area contributed by atoms with Crippen molar-refractivity contribution in [2.24, 2.45) is 7.05 Å². The molecular formula is C39H37ClN5Na2O7P. The Kier molecular flexibility index (Phi) is 14.7. The number of anilines is 2. The van der Waals surface area contributed by atoms with Crippen LogP contribution in [0.4, 0.5) is 11.4 Å². The summed E-state index contributed by atoms with van der Waals surface area (Å²) in [7, 11) is -3.44. The van der Waals surface area contributed by atoms with Gasteiger partial charge in [0, 0.05) is 84.9 Å². The van der Waals surface area contributed by atoms with Crippen LogP contribution in [0.25, 0.3) is 11.3 Å². The Morgan fingerprint density at radius 3 is 2.25 bits per heavy atom. The van der Waals surface area contributed by atoms with Crippen LogP contribution in [-0.4, -0.2) is 70.1 Å². The summed E-state index contributed by atoms with van der Waals surface area (Å²) in [6.07, 6.45) is 3.84. The fourth-order valence-corrected chi connectivity index (χ4v) is 7.65. The molecule has 5 aromatic rings. The van der Waals surface area contributed by atoms with Gasteiger partial charge < -0.3 is 33.1 Å². The molecule has 1 saturated heterocycles. The number of amides is 2. The van der Waals surface area contributed by atoms with Crippen molar-refractivity contribution in [3.8, 4) is 17.0 Å². The van der Waals surface area contributed by atoms with E-state index >= 15 is 0 Å². The maximum Gasteiger partial charge on any atom is 1.00 e. The van der Waals surface area contributed by atoms with Crippen LogP contribution in [0.3, 0.4) is 0 Å². The molecule has 2 aromatic heterocycles. The van der Waals surface area contributed by atoms with Crippen molar-refractivity contribution in [1.82, 2.24) is 19.4 Å². The van der Waals surface area contributed by atoms with Crippen LogP contribution in [0.5, 0.6) is 5.75 Å². The number of halogens is 1. The van der Waals surface area contributed by atoms with Crippen LogP contribution in [0, 0.1) is 6.92 Å². The molecule has 16 heteroatoms. The van der Waals surface area contributed by atoms with Crippen LogP contribution in [0.2, 0.25) is 5.02 Å². The largest absolute Gasteiger partial charge is 1.00 e. The van der Waals surface area contributed by atoms with Gasteiger partial charge in [-0.25, -0.2) is 0 Å². The van der Waals surface area contributed by atoms with E-state index in [2.05, 4.69) is 26.5 Å². The second-order valence-corrected chi connectivity index (χ2v) is 14.6. The van der Waals surface area contributed by atoms with E-state index in [0.717, 1.165) is 31.6 Å². The van der Waals surface area contributed by atoms with Gasteiger partial charge in [-0.2, -0.15) is 0 Å². The van der Waals surface area contributed by atoms with Crippen LogP contribution < -0.4 is 78.3 Å². The zero-order valence-corrected chi connectivity index (χ0v) is 36.8. The number of ether oxygens (including phenoxy) is 1. The van der Waals surface area contributed by atoms with Gasteiger partial charge >= 0.3 is 59.1 Å². The molecule has 7 rings (SSSR count). The summed E-state index contributed by atoms with van der Waals surface area (Å²) in [6.45, 7) is 5.95. The van der Waals surface area contributed by atoms with Crippen molar-refractivity contribution in [2.45, 2.75) is 25.9 Å². The quantitative estimate of drug-likeness (QED) is 0.138. The van der Waals surface area contributed by atoms with E-state index in [1.807, 2.05) is 35.6 Å². The van der Waals surface area contributed by atoms with Crippen molar-refractivity contribution >= 4 is 42.6 Å². The number of phosphoric ester groups is 1. The molecule has 2 aliphatic rings. The zero-order chi connectivity index (χ0) is 37.3. The SMILES string of the molecule is Cc1c(C(=O)N(c2ccncc2)c2ccc(OP(=O)([O-])[O-])cc2)cc(-c2cc(Cl)ccc2C(=O)N2Cc3ccccc3C[C@H]2CN2CCOCC2)n1C.[Na+].[Na+]. The summed E-state index contributed by atoms with van der Waals surface area (Å²) in [5, 5.41) is 0.443. The van der Waals surface area contributed by atoms with Crippen LogP contribution in [0.1, 0.15) is 37.5 Å². The average Bonchev–Trinajstić information content (AvgIpc) is 3.45.